The van der Waals surface area contributed by atoms with Crippen molar-refractivity contribution >= 4 is 35.0 Å². The van der Waals surface area contributed by atoms with E-state index in [0.717, 1.165) is 28.3 Å². The number of anilines is 1. The normalized spacial score (nSPS) is 16.3. The number of benzene rings is 2. The molecule has 0 radical (unpaired) electrons. The van der Waals surface area contributed by atoms with Crippen molar-refractivity contribution in [1.29, 1.82) is 0 Å². The van der Waals surface area contributed by atoms with Crippen molar-refractivity contribution < 1.29 is 9.53 Å². The number of alkyl halides is 1. The summed E-state index contributed by atoms with van der Waals surface area (Å²) in [5, 5.41) is -0.0999. The zero-order valence-electron chi connectivity index (χ0n) is 12.9. The summed E-state index contributed by atoms with van der Waals surface area (Å²) in [6.07, 6.45) is 0.796. The minimum absolute atomic E-state index is 0.0306. The molecule has 2 aromatic rings. The van der Waals surface area contributed by atoms with Crippen LogP contribution in [0.15, 0.2) is 53.4 Å². The zero-order chi connectivity index (χ0) is 16.2. The third-order valence-corrected chi connectivity index (χ3v) is 5.21. The van der Waals surface area contributed by atoms with E-state index in [4.69, 9.17) is 16.3 Å². The number of nitrogens with zero attached hydrogens (tertiary/aromatic N) is 1. The van der Waals surface area contributed by atoms with Gasteiger partial charge in [-0.3, -0.25) is 9.69 Å². The van der Waals surface area contributed by atoms with Gasteiger partial charge in [0.2, 0.25) is 5.91 Å². The summed E-state index contributed by atoms with van der Waals surface area (Å²) >= 11 is 7.40. The molecule has 0 aliphatic carbocycles. The molecule has 120 valence electrons. The molecule has 1 aliphatic heterocycles. The second kappa shape index (κ2) is 7.28. The quantitative estimate of drug-likeness (QED) is 0.572. The SMILES string of the molecule is CC(=O)N1c2ccccc2SC1c1ccccc1OCCCCl. The van der Waals surface area contributed by atoms with E-state index in [-0.39, 0.29) is 11.3 Å². The van der Waals surface area contributed by atoms with Gasteiger partial charge < -0.3 is 4.74 Å². The predicted molar refractivity (Wildman–Crippen MR) is 95.5 cm³/mol. The topological polar surface area (TPSA) is 29.5 Å². The van der Waals surface area contributed by atoms with Crippen molar-refractivity contribution in [1.82, 2.24) is 0 Å². The molecule has 23 heavy (non-hydrogen) atoms. The number of carbonyl (C=O) groups excluding carboxylic acids is 1. The fourth-order valence-electron chi connectivity index (χ4n) is 2.65. The Morgan fingerprint density at radius 2 is 1.96 bits per heavy atom. The second-order valence-corrected chi connectivity index (χ2v) is 6.76. The summed E-state index contributed by atoms with van der Waals surface area (Å²) in [4.78, 5) is 15.2. The first-order valence-electron chi connectivity index (χ1n) is 7.55. The minimum atomic E-state index is -0.0999. The summed E-state index contributed by atoms with van der Waals surface area (Å²) < 4.78 is 5.88. The van der Waals surface area contributed by atoms with Crippen LogP contribution in [0, 0.1) is 0 Å². The smallest absolute Gasteiger partial charge is 0.225 e. The largest absolute Gasteiger partial charge is 0.493 e. The molecular weight excluding hydrogens is 330 g/mol. The van der Waals surface area contributed by atoms with Crippen LogP contribution in [-0.2, 0) is 4.79 Å². The lowest BCUT2D eigenvalue weighted by Crippen LogP contribution is -2.28. The predicted octanol–water partition coefficient (Wildman–Crippen LogP) is 4.85. The third kappa shape index (κ3) is 3.33. The monoisotopic (exact) mass is 347 g/mol. The lowest BCUT2D eigenvalue weighted by atomic mass is 10.1. The van der Waals surface area contributed by atoms with Gasteiger partial charge in [-0.25, -0.2) is 0 Å². The van der Waals surface area contributed by atoms with Gasteiger partial charge in [0.05, 0.1) is 12.3 Å². The maximum Gasteiger partial charge on any atom is 0.225 e. The maximum atomic E-state index is 12.2. The van der Waals surface area contributed by atoms with Crippen molar-refractivity contribution in [2.45, 2.75) is 23.6 Å². The number of hydrogen-bond acceptors (Lipinski definition) is 3. The van der Waals surface area contributed by atoms with Gasteiger partial charge in [-0.1, -0.05) is 42.1 Å². The number of hydrogen-bond donors (Lipinski definition) is 0. The number of carbonyl (C=O) groups is 1. The first kappa shape index (κ1) is 16.2. The van der Waals surface area contributed by atoms with Crippen molar-refractivity contribution in [2.24, 2.45) is 0 Å². The molecule has 0 bridgehead atoms. The molecule has 0 fully saturated rings. The Labute approximate surface area is 145 Å². The number of rotatable bonds is 5. The Balaban J connectivity index is 1.94. The van der Waals surface area contributed by atoms with Gasteiger partial charge in [0.1, 0.15) is 11.1 Å². The molecule has 1 atom stereocenters. The van der Waals surface area contributed by atoms with Crippen LogP contribution in [0.5, 0.6) is 5.75 Å². The number of fused-ring (bicyclic) bond motifs is 1. The molecule has 0 spiro atoms. The van der Waals surface area contributed by atoms with Gasteiger partial charge in [-0.15, -0.1) is 11.6 Å². The van der Waals surface area contributed by atoms with Crippen LogP contribution >= 0.6 is 23.4 Å². The lowest BCUT2D eigenvalue weighted by Gasteiger charge is -2.25. The standard InChI is InChI=1S/C18H18ClNO2S/c1-13(21)20-15-8-3-5-10-17(15)23-18(20)14-7-2-4-9-16(14)22-12-6-11-19/h2-5,7-10,18H,6,11-12H2,1H3. The molecule has 0 aromatic heterocycles. The summed E-state index contributed by atoms with van der Waals surface area (Å²) in [6, 6.07) is 15.9. The van der Waals surface area contributed by atoms with Gasteiger partial charge in [0.15, 0.2) is 0 Å². The highest BCUT2D eigenvalue weighted by Gasteiger charge is 2.35. The first-order chi connectivity index (χ1) is 11.2. The molecule has 0 saturated carbocycles. The van der Waals surface area contributed by atoms with Crippen molar-refractivity contribution in [3.63, 3.8) is 0 Å². The number of amides is 1. The van der Waals surface area contributed by atoms with E-state index in [0.29, 0.717) is 12.5 Å². The van der Waals surface area contributed by atoms with Crippen LogP contribution in [0.25, 0.3) is 0 Å². The highest BCUT2D eigenvalue weighted by atomic mass is 35.5. The van der Waals surface area contributed by atoms with Gasteiger partial charge in [-0.05, 0) is 24.6 Å². The van der Waals surface area contributed by atoms with Crippen molar-refractivity contribution in [2.75, 3.05) is 17.4 Å². The molecule has 1 unspecified atom stereocenters. The summed E-state index contributed by atoms with van der Waals surface area (Å²) in [5.74, 6) is 1.42. The summed E-state index contributed by atoms with van der Waals surface area (Å²) in [5.41, 5.74) is 1.98. The fraction of sp³-hybridized carbons (Fsp3) is 0.278. The van der Waals surface area contributed by atoms with Crippen LogP contribution in [0.3, 0.4) is 0 Å². The molecule has 1 amide bonds. The van der Waals surface area contributed by atoms with E-state index in [1.54, 1.807) is 18.7 Å². The first-order valence-corrected chi connectivity index (χ1v) is 8.97. The highest BCUT2D eigenvalue weighted by molar-refractivity contribution is 8.00. The van der Waals surface area contributed by atoms with Crippen molar-refractivity contribution in [3.05, 3.63) is 54.1 Å². The maximum absolute atomic E-state index is 12.2. The fourth-order valence-corrected chi connectivity index (χ4v) is 4.13. The van der Waals surface area contributed by atoms with Gasteiger partial charge >= 0.3 is 0 Å². The molecule has 0 N–H and O–H groups in total. The molecule has 3 nitrogen and oxygen atoms in total. The van der Waals surface area contributed by atoms with Gasteiger partial charge in [0, 0.05) is 23.3 Å². The van der Waals surface area contributed by atoms with Crippen LogP contribution in [0.1, 0.15) is 24.3 Å². The van der Waals surface area contributed by atoms with E-state index in [1.807, 2.05) is 53.4 Å². The van der Waals surface area contributed by atoms with E-state index >= 15 is 0 Å². The van der Waals surface area contributed by atoms with Crippen LogP contribution in [-0.4, -0.2) is 18.4 Å². The Bertz CT molecular complexity index is 707. The molecule has 5 heteroatoms. The number of ether oxygens (including phenoxy) is 1. The Morgan fingerprint density at radius 1 is 1.22 bits per heavy atom. The Kier molecular flexibility index (Phi) is 5.13. The molecule has 1 aliphatic rings. The molecule has 2 aromatic carbocycles. The van der Waals surface area contributed by atoms with Gasteiger partial charge in [0.25, 0.3) is 0 Å². The Hall–Kier alpha value is -1.65. The third-order valence-electron chi connectivity index (χ3n) is 3.66. The number of halogens is 1. The van der Waals surface area contributed by atoms with E-state index in [1.165, 1.54) is 0 Å². The zero-order valence-corrected chi connectivity index (χ0v) is 14.4. The van der Waals surface area contributed by atoms with Crippen LogP contribution < -0.4 is 9.64 Å². The van der Waals surface area contributed by atoms with Crippen LogP contribution in [0.4, 0.5) is 5.69 Å². The molecule has 1 heterocycles. The lowest BCUT2D eigenvalue weighted by molar-refractivity contribution is -0.116. The average Bonchev–Trinajstić information content (AvgIpc) is 2.95. The molecular formula is C18H18ClNO2S. The number of para-hydroxylation sites is 2. The molecule has 3 rings (SSSR count). The minimum Gasteiger partial charge on any atom is -0.493 e. The van der Waals surface area contributed by atoms with E-state index in [9.17, 15) is 4.79 Å². The summed E-state index contributed by atoms with van der Waals surface area (Å²) in [7, 11) is 0. The molecule has 0 saturated heterocycles. The van der Waals surface area contributed by atoms with E-state index < -0.39 is 0 Å². The average molecular weight is 348 g/mol. The van der Waals surface area contributed by atoms with Crippen molar-refractivity contribution in [3.8, 4) is 5.75 Å². The number of thioether (sulfide) groups is 1. The Morgan fingerprint density at radius 3 is 2.74 bits per heavy atom. The second-order valence-electron chi connectivity index (χ2n) is 5.26. The summed E-state index contributed by atoms with van der Waals surface area (Å²) in [6.45, 7) is 2.18. The highest BCUT2D eigenvalue weighted by Crippen LogP contribution is 2.52. The van der Waals surface area contributed by atoms with E-state index in [2.05, 4.69) is 0 Å². The van der Waals surface area contributed by atoms with Gasteiger partial charge in [-0.2, -0.15) is 0 Å². The van der Waals surface area contributed by atoms with Crippen LogP contribution in [0.2, 0.25) is 0 Å².